The summed E-state index contributed by atoms with van der Waals surface area (Å²) in [5.74, 6) is -0.288. The summed E-state index contributed by atoms with van der Waals surface area (Å²) in [5, 5.41) is 0. The molecule has 0 radical (unpaired) electrons. The maximum Gasteiger partial charge on any atom is 0.142 e. The molecule has 0 aliphatic heterocycles. The van der Waals surface area contributed by atoms with Gasteiger partial charge >= 0.3 is 0 Å². The zero-order valence-corrected chi connectivity index (χ0v) is 9.94. The van der Waals surface area contributed by atoms with E-state index in [0.29, 0.717) is 23.0 Å². The van der Waals surface area contributed by atoms with Gasteiger partial charge in [-0.25, -0.2) is 4.39 Å². The topological polar surface area (TPSA) is 52.0 Å². The van der Waals surface area contributed by atoms with Crippen LogP contribution in [-0.2, 0) is 0 Å². The van der Waals surface area contributed by atoms with E-state index >= 15 is 0 Å². The molecule has 0 fully saturated rings. The number of hydrogen-bond acceptors (Lipinski definition) is 2. The van der Waals surface area contributed by atoms with Gasteiger partial charge in [-0.3, -0.25) is 0 Å². The van der Waals surface area contributed by atoms with E-state index in [1.165, 1.54) is 0 Å². The highest BCUT2D eigenvalue weighted by Crippen LogP contribution is 2.23. The number of halogens is 3. The Hall–Kier alpha value is -0.160. The van der Waals surface area contributed by atoms with Crippen molar-refractivity contribution in [3.63, 3.8) is 0 Å². The van der Waals surface area contributed by atoms with E-state index in [4.69, 9.17) is 11.5 Å². The lowest BCUT2D eigenvalue weighted by molar-refractivity contribution is 0.562. The van der Waals surface area contributed by atoms with Gasteiger partial charge in [-0.1, -0.05) is 12.1 Å². The van der Waals surface area contributed by atoms with Gasteiger partial charge in [-0.2, -0.15) is 0 Å². The second-order valence-electron chi connectivity index (χ2n) is 2.83. The first-order valence-corrected chi connectivity index (χ1v) is 4.85. The summed E-state index contributed by atoms with van der Waals surface area (Å²) in [7, 11) is 0. The van der Waals surface area contributed by atoms with Gasteiger partial charge in [0.15, 0.2) is 0 Å². The minimum atomic E-state index is -0.317. The molecule has 0 aromatic heterocycles. The number of hydrogen-bond donors (Lipinski definition) is 2. The van der Waals surface area contributed by atoms with E-state index in [0.717, 1.165) is 0 Å². The standard InChI is InChI=1S/C9H12BrFN2.ClH/c10-7-3-1-2-6(9(7)11)8(13)4-5-12;/h1-3,8H,4-5,12-13H2;1H/t8-;/m0./s1. The average Bonchev–Trinajstić information content (AvgIpc) is 2.10. The third-order valence-electron chi connectivity index (χ3n) is 1.86. The molecule has 0 aliphatic rings. The molecule has 4 N–H and O–H groups in total. The zero-order valence-electron chi connectivity index (χ0n) is 7.54. The minimum absolute atomic E-state index is 0. The summed E-state index contributed by atoms with van der Waals surface area (Å²) >= 11 is 3.10. The van der Waals surface area contributed by atoms with Crippen LogP contribution in [0.3, 0.4) is 0 Å². The van der Waals surface area contributed by atoms with Crippen molar-refractivity contribution in [2.75, 3.05) is 6.54 Å². The molecule has 1 atom stereocenters. The Morgan fingerprint density at radius 3 is 2.64 bits per heavy atom. The molecule has 1 aromatic rings. The Balaban J connectivity index is 0.00000169. The van der Waals surface area contributed by atoms with Gasteiger partial charge < -0.3 is 11.5 Å². The monoisotopic (exact) mass is 282 g/mol. The summed E-state index contributed by atoms with van der Waals surface area (Å²) in [6.07, 6.45) is 0.591. The molecule has 0 aliphatic carbocycles. The van der Waals surface area contributed by atoms with Gasteiger partial charge in [0, 0.05) is 11.6 Å². The predicted octanol–water partition coefficient (Wildman–Crippen LogP) is 2.36. The quantitative estimate of drug-likeness (QED) is 0.895. The van der Waals surface area contributed by atoms with Crippen molar-refractivity contribution < 1.29 is 4.39 Å². The van der Waals surface area contributed by atoms with Crippen LogP contribution < -0.4 is 11.5 Å². The number of nitrogens with two attached hydrogens (primary N) is 2. The van der Waals surface area contributed by atoms with Crippen LogP contribution in [0.5, 0.6) is 0 Å². The van der Waals surface area contributed by atoms with Crippen molar-refractivity contribution in [1.82, 2.24) is 0 Å². The molecule has 1 rings (SSSR count). The van der Waals surface area contributed by atoms with Crippen LogP contribution in [0, 0.1) is 5.82 Å². The highest BCUT2D eigenvalue weighted by atomic mass is 79.9. The van der Waals surface area contributed by atoms with Crippen molar-refractivity contribution in [2.24, 2.45) is 11.5 Å². The van der Waals surface area contributed by atoms with E-state index in [9.17, 15) is 4.39 Å². The predicted molar refractivity (Wildman–Crippen MR) is 61.9 cm³/mol. The molecule has 0 heterocycles. The molecule has 2 nitrogen and oxygen atoms in total. The maximum absolute atomic E-state index is 13.4. The summed E-state index contributed by atoms with van der Waals surface area (Å²) in [6.45, 7) is 0.465. The SMILES string of the molecule is Cl.NCC[C@H](N)c1cccc(Br)c1F. The highest BCUT2D eigenvalue weighted by molar-refractivity contribution is 9.10. The fourth-order valence-electron chi connectivity index (χ4n) is 1.14. The normalized spacial score (nSPS) is 12.0. The van der Waals surface area contributed by atoms with E-state index in [2.05, 4.69) is 15.9 Å². The first kappa shape index (κ1) is 13.8. The number of rotatable bonds is 3. The molecule has 0 spiro atoms. The fourth-order valence-corrected chi connectivity index (χ4v) is 1.52. The van der Waals surface area contributed by atoms with Crippen LogP contribution in [0.1, 0.15) is 18.0 Å². The first-order chi connectivity index (χ1) is 6.16. The first-order valence-electron chi connectivity index (χ1n) is 4.06. The van der Waals surface area contributed by atoms with Crippen molar-refractivity contribution in [1.29, 1.82) is 0 Å². The second kappa shape index (κ2) is 6.35. The largest absolute Gasteiger partial charge is 0.330 e. The Bertz CT molecular complexity index is 296. The Labute approximate surface area is 97.4 Å². The molecule has 0 amide bonds. The molecule has 14 heavy (non-hydrogen) atoms. The van der Waals surface area contributed by atoms with Crippen LogP contribution in [-0.4, -0.2) is 6.54 Å². The van der Waals surface area contributed by atoms with E-state index in [1.807, 2.05) is 0 Å². The van der Waals surface area contributed by atoms with Gasteiger partial charge in [0.2, 0.25) is 0 Å². The fraction of sp³-hybridized carbons (Fsp3) is 0.333. The van der Waals surface area contributed by atoms with Crippen LogP contribution in [0.4, 0.5) is 4.39 Å². The maximum atomic E-state index is 13.4. The van der Waals surface area contributed by atoms with E-state index < -0.39 is 0 Å². The highest BCUT2D eigenvalue weighted by Gasteiger charge is 2.12. The molecule has 1 aromatic carbocycles. The van der Waals surface area contributed by atoms with Gasteiger partial charge in [0.1, 0.15) is 5.82 Å². The summed E-state index contributed by atoms with van der Waals surface area (Å²) in [5.41, 5.74) is 11.6. The van der Waals surface area contributed by atoms with E-state index in [-0.39, 0.29) is 24.3 Å². The molecule has 80 valence electrons. The van der Waals surface area contributed by atoms with E-state index in [1.54, 1.807) is 18.2 Å². The lowest BCUT2D eigenvalue weighted by Gasteiger charge is -2.11. The van der Waals surface area contributed by atoms with Crippen LogP contribution in [0.2, 0.25) is 0 Å². The second-order valence-corrected chi connectivity index (χ2v) is 3.68. The zero-order chi connectivity index (χ0) is 9.84. The summed E-state index contributed by atoms with van der Waals surface area (Å²) in [4.78, 5) is 0. The average molecular weight is 284 g/mol. The minimum Gasteiger partial charge on any atom is -0.330 e. The Kier molecular flexibility index (Phi) is 6.27. The van der Waals surface area contributed by atoms with Crippen molar-refractivity contribution in [3.05, 3.63) is 34.1 Å². The van der Waals surface area contributed by atoms with Crippen molar-refractivity contribution in [3.8, 4) is 0 Å². The molecule has 0 saturated carbocycles. The molecule has 0 bridgehead atoms. The Morgan fingerprint density at radius 2 is 2.07 bits per heavy atom. The van der Waals surface area contributed by atoms with Crippen LogP contribution >= 0.6 is 28.3 Å². The summed E-state index contributed by atoms with van der Waals surface area (Å²) < 4.78 is 13.8. The van der Waals surface area contributed by atoms with Crippen LogP contribution in [0.15, 0.2) is 22.7 Å². The van der Waals surface area contributed by atoms with Gasteiger partial charge in [0.25, 0.3) is 0 Å². The molecule has 5 heteroatoms. The smallest absolute Gasteiger partial charge is 0.142 e. The third kappa shape index (κ3) is 3.20. The third-order valence-corrected chi connectivity index (χ3v) is 2.47. The molecular formula is C9H13BrClFN2. The Morgan fingerprint density at radius 1 is 1.43 bits per heavy atom. The summed E-state index contributed by atoms with van der Waals surface area (Å²) in [6, 6.07) is 4.77. The molecule has 0 unspecified atom stereocenters. The molecular weight excluding hydrogens is 270 g/mol. The van der Waals surface area contributed by atoms with Crippen molar-refractivity contribution in [2.45, 2.75) is 12.5 Å². The lowest BCUT2D eigenvalue weighted by atomic mass is 10.0. The lowest BCUT2D eigenvalue weighted by Crippen LogP contribution is -2.16. The van der Waals surface area contributed by atoms with Crippen LogP contribution in [0.25, 0.3) is 0 Å². The van der Waals surface area contributed by atoms with Crippen molar-refractivity contribution >= 4 is 28.3 Å². The molecule has 0 saturated heterocycles. The van der Waals surface area contributed by atoms with Gasteiger partial charge in [0.05, 0.1) is 4.47 Å². The number of benzene rings is 1. The van der Waals surface area contributed by atoms with Gasteiger partial charge in [-0.15, -0.1) is 12.4 Å². The van der Waals surface area contributed by atoms with Gasteiger partial charge in [-0.05, 0) is 35.0 Å².